The van der Waals surface area contributed by atoms with Gasteiger partial charge in [-0.25, -0.2) is 13.2 Å². The number of rotatable bonds is 4. The molecule has 0 fully saturated rings. The van der Waals surface area contributed by atoms with Gasteiger partial charge in [0.25, 0.3) is 16.7 Å². The van der Waals surface area contributed by atoms with E-state index in [0.29, 0.717) is 4.73 Å². The first-order chi connectivity index (χ1) is 10.3. The van der Waals surface area contributed by atoms with Crippen LogP contribution in [0.15, 0.2) is 24.3 Å². The molecule has 9 heteroatoms. The van der Waals surface area contributed by atoms with E-state index in [-0.39, 0.29) is 21.5 Å². The van der Waals surface area contributed by atoms with Gasteiger partial charge in [0, 0.05) is 17.9 Å². The molecule has 1 aromatic heterocycles. The molecule has 0 N–H and O–H groups in total. The number of esters is 1. The van der Waals surface area contributed by atoms with Crippen LogP contribution in [0.1, 0.15) is 23.1 Å². The summed E-state index contributed by atoms with van der Waals surface area (Å²) in [6, 6.07) is 5.80. The number of methoxy groups -OCH3 is 1. The van der Waals surface area contributed by atoms with E-state index in [2.05, 4.69) is 4.74 Å². The normalized spacial score (nSPS) is 11.5. The van der Waals surface area contributed by atoms with Crippen LogP contribution in [0.2, 0.25) is 0 Å². The molecule has 0 saturated heterocycles. The van der Waals surface area contributed by atoms with Crippen LogP contribution in [-0.2, 0) is 20.3 Å². The average molecular weight is 326 g/mol. The van der Waals surface area contributed by atoms with E-state index in [1.165, 1.54) is 31.2 Å². The molecule has 0 spiro atoms. The second-order valence-corrected chi connectivity index (χ2v) is 6.89. The summed E-state index contributed by atoms with van der Waals surface area (Å²) >= 11 is 0. The summed E-state index contributed by atoms with van der Waals surface area (Å²) in [5.74, 6) is -2.00. The van der Waals surface area contributed by atoms with Gasteiger partial charge in [-0.05, 0) is 0 Å². The van der Waals surface area contributed by atoms with E-state index >= 15 is 0 Å². The lowest BCUT2D eigenvalue weighted by Gasteiger charge is -2.11. The van der Waals surface area contributed by atoms with Crippen molar-refractivity contribution in [2.75, 3.05) is 12.9 Å². The number of benzene rings is 1. The Labute approximate surface area is 126 Å². The molecule has 0 saturated carbocycles. The van der Waals surface area contributed by atoms with Crippen molar-refractivity contribution in [3.05, 3.63) is 46.1 Å². The maximum absolute atomic E-state index is 12.4. The Morgan fingerprint density at radius 1 is 1.18 bits per heavy atom. The summed E-state index contributed by atoms with van der Waals surface area (Å²) in [5, 5.41) is 24.8. The van der Waals surface area contributed by atoms with E-state index in [4.69, 9.17) is 0 Å². The molecule has 2 rings (SSSR count). The van der Waals surface area contributed by atoms with Crippen LogP contribution in [-0.4, -0.2) is 27.2 Å². The van der Waals surface area contributed by atoms with E-state index in [9.17, 15) is 23.6 Å². The molecule has 0 atom stereocenters. The fourth-order valence-electron chi connectivity index (χ4n) is 2.02. The molecule has 1 heterocycles. The Balaban J connectivity index is 2.87. The van der Waals surface area contributed by atoms with E-state index in [1.54, 1.807) is 0 Å². The maximum atomic E-state index is 12.4. The molecule has 0 radical (unpaired) electrons. The highest BCUT2D eigenvalue weighted by Crippen LogP contribution is 2.13. The fourth-order valence-corrected chi connectivity index (χ4v) is 2.90. The van der Waals surface area contributed by atoms with Crippen molar-refractivity contribution in [3.63, 3.8) is 0 Å². The minimum Gasteiger partial charge on any atom is -0.618 e. The van der Waals surface area contributed by atoms with Gasteiger partial charge in [-0.3, -0.25) is 0 Å². The van der Waals surface area contributed by atoms with Crippen LogP contribution < -0.4 is 9.46 Å². The highest BCUT2D eigenvalue weighted by Gasteiger charge is 2.36. The number of ether oxygens (including phenoxy) is 1. The minimum absolute atomic E-state index is 0.0218. The van der Waals surface area contributed by atoms with E-state index in [0.717, 1.165) is 7.11 Å². The summed E-state index contributed by atoms with van der Waals surface area (Å²) in [5.41, 5.74) is -1.13. The van der Waals surface area contributed by atoms with E-state index in [1.807, 2.05) is 0 Å². The Morgan fingerprint density at radius 2 is 1.73 bits per heavy atom. The number of hydrogen-bond donors (Lipinski definition) is 0. The van der Waals surface area contributed by atoms with Crippen molar-refractivity contribution in [2.24, 2.45) is 0 Å². The summed E-state index contributed by atoms with van der Waals surface area (Å²) in [4.78, 5) is 11.8. The van der Waals surface area contributed by atoms with Crippen molar-refractivity contribution < 1.29 is 27.4 Å². The van der Waals surface area contributed by atoms with Gasteiger partial charge >= 0.3 is 11.7 Å². The van der Waals surface area contributed by atoms with Gasteiger partial charge in [0.15, 0.2) is 9.84 Å². The maximum Gasteiger partial charge on any atom is 0.411 e. The zero-order valence-electron chi connectivity index (χ0n) is 12.0. The lowest BCUT2D eigenvalue weighted by Crippen LogP contribution is -2.48. The van der Waals surface area contributed by atoms with Crippen LogP contribution in [0, 0.1) is 10.4 Å². The van der Waals surface area contributed by atoms with Crippen LogP contribution in [0.5, 0.6) is 0 Å². The number of nitrogens with zero attached hydrogens (tertiary/aromatic N) is 2. The Bertz CT molecular complexity index is 847. The first kappa shape index (κ1) is 16.0. The second kappa shape index (κ2) is 5.76. The third-order valence-electron chi connectivity index (χ3n) is 3.22. The molecule has 0 bridgehead atoms. The largest absolute Gasteiger partial charge is 0.618 e. The molecule has 0 aliphatic heterocycles. The zero-order valence-corrected chi connectivity index (χ0v) is 12.8. The predicted molar refractivity (Wildman–Crippen MR) is 76.4 cm³/mol. The summed E-state index contributed by atoms with van der Waals surface area (Å²) < 4.78 is 28.7. The third kappa shape index (κ3) is 2.67. The molecule has 0 aliphatic carbocycles. The van der Waals surface area contributed by atoms with Gasteiger partial charge in [-0.15, -0.1) is 4.73 Å². The second-order valence-electron chi connectivity index (χ2n) is 4.54. The van der Waals surface area contributed by atoms with Crippen LogP contribution >= 0.6 is 0 Å². The number of para-hydroxylation sites is 2. The van der Waals surface area contributed by atoms with Crippen molar-refractivity contribution >= 4 is 26.8 Å². The fraction of sp³-hybridized carbons (Fsp3) is 0.308. The summed E-state index contributed by atoms with van der Waals surface area (Å²) in [7, 11) is -2.58. The molecule has 0 aliphatic rings. The number of sulfone groups is 1. The lowest BCUT2D eigenvalue weighted by molar-refractivity contribution is -0.636. The molecule has 1 aromatic carbocycles. The van der Waals surface area contributed by atoms with Gasteiger partial charge in [-0.2, -0.15) is 4.73 Å². The smallest absolute Gasteiger partial charge is 0.411 e. The zero-order chi connectivity index (χ0) is 16.5. The van der Waals surface area contributed by atoms with Gasteiger partial charge in [0.05, 0.1) is 7.11 Å². The Hall–Kier alpha value is -2.42. The predicted octanol–water partition coefficient (Wildman–Crippen LogP) is -0.172. The van der Waals surface area contributed by atoms with E-state index < -0.39 is 32.9 Å². The quantitative estimate of drug-likeness (QED) is 0.438. The third-order valence-corrected chi connectivity index (χ3v) is 4.81. The first-order valence-electron chi connectivity index (χ1n) is 6.37. The first-order valence-corrected chi connectivity index (χ1v) is 8.20. The number of aromatic nitrogens is 2. The molecule has 118 valence electrons. The molecule has 0 amide bonds. The molecular formula is C13H14N2O6S. The topological polar surface area (TPSA) is 114 Å². The monoisotopic (exact) mass is 326 g/mol. The van der Waals surface area contributed by atoms with Gasteiger partial charge in [0.1, 0.15) is 5.75 Å². The number of carbonyl (C=O) groups is 1. The highest BCUT2D eigenvalue weighted by atomic mass is 32.2. The summed E-state index contributed by atoms with van der Waals surface area (Å²) in [6.45, 7) is 1.41. The molecule has 8 nitrogen and oxygen atoms in total. The highest BCUT2D eigenvalue weighted by molar-refractivity contribution is 7.90. The number of hydrogen-bond acceptors (Lipinski definition) is 6. The van der Waals surface area contributed by atoms with Crippen molar-refractivity contribution in [1.29, 1.82) is 0 Å². The number of carbonyl (C=O) groups excluding carboxylic acids is 1. The van der Waals surface area contributed by atoms with Crippen LogP contribution in [0.3, 0.4) is 0 Å². The van der Waals surface area contributed by atoms with Crippen molar-refractivity contribution in [3.8, 4) is 0 Å². The number of fused-ring (bicyclic) bond motifs is 1. The van der Waals surface area contributed by atoms with Crippen molar-refractivity contribution in [2.45, 2.75) is 12.7 Å². The van der Waals surface area contributed by atoms with Gasteiger partial charge < -0.3 is 15.2 Å². The minimum atomic E-state index is -3.63. The van der Waals surface area contributed by atoms with Gasteiger partial charge in [0.2, 0.25) is 0 Å². The summed E-state index contributed by atoms with van der Waals surface area (Å²) in [6.07, 6.45) is 0. The van der Waals surface area contributed by atoms with Crippen LogP contribution in [0.25, 0.3) is 11.0 Å². The molecule has 22 heavy (non-hydrogen) atoms. The molecular weight excluding hydrogens is 312 g/mol. The Kier molecular flexibility index (Phi) is 4.18. The molecule has 0 unspecified atom stereocenters. The SMILES string of the molecule is CCS(=O)(=O)Cc1c(C(=O)OC)[n+]([O-])c2ccccc2[n+]1[O-]. The van der Waals surface area contributed by atoms with Crippen LogP contribution in [0.4, 0.5) is 0 Å². The standard InChI is InChI=1S/C13H14N2O6S/c1-3-22(19,20)8-11-12(13(16)21-2)15(18)10-7-5-4-6-9(10)14(11)17/h4-7H,3,8H2,1-2H3. The molecule has 2 aromatic rings. The average Bonchev–Trinajstić information content (AvgIpc) is 2.52. The van der Waals surface area contributed by atoms with Gasteiger partial charge in [-0.1, -0.05) is 19.1 Å². The van der Waals surface area contributed by atoms with Crippen molar-refractivity contribution in [1.82, 2.24) is 0 Å². The lowest BCUT2D eigenvalue weighted by atomic mass is 10.2. The Morgan fingerprint density at radius 3 is 2.23 bits per heavy atom.